The summed E-state index contributed by atoms with van der Waals surface area (Å²) in [5, 5.41) is 19.7. The summed E-state index contributed by atoms with van der Waals surface area (Å²) >= 11 is 13.1. The van der Waals surface area contributed by atoms with Crippen LogP contribution in [0.4, 0.5) is 11.6 Å². The van der Waals surface area contributed by atoms with E-state index in [1.807, 2.05) is 77.0 Å². The average Bonchev–Trinajstić information content (AvgIpc) is 1.28. The lowest BCUT2D eigenvalue weighted by atomic mass is 9.96. The fraction of sp³-hybridized carbons (Fsp3) is 0.467. The Kier molecular flexibility index (Phi) is 22.9. The number of ether oxygens (including phenoxy) is 5. The molecule has 0 aliphatic carbocycles. The normalized spacial score (nSPS) is 19.0. The number of aromatic nitrogens is 13. The van der Waals surface area contributed by atoms with Gasteiger partial charge in [-0.3, -0.25) is 43.5 Å². The summed E-state index contributed by atoms with van der Waals surface area (Å²) < 4.78 is 34.3. The van der Waals surface area contributed by atoms with Crippen LogP contribution in [-0.4, -0.2) is 190 Å². The van der Waals surface area contributed by atoms with E-state index in [2.05, 4.69) is 123 Å². The van der Waals surface area contributed by atoms with Crippen molar-refractivity contribution in [2.24, 2.45) is 12.8 Å². The van der Waals surface area contributed by atoms with E-state index < -0.39 is 0 Å². The van der Waals surface area contributed by atoms with Crippen molar-refractivity contribution in [3.63, 3.8) is 0 Å². The highest BCUT2D eigenvalue weighted by atomic mass is 35.5. The van der Waals surface area contributed by atoms with Crippen molar-refractivity contribution in [3.05, 3.63) is 155 Å². The molecule has 0 bridgehead atoms. The summed E-state index contributed by atoms with van der Waals surface area (Å²) in [6, 6.07) is 24.6. The van der Waals surface area contributed by atoms with Gasteiger partial charge in [0, 0.05) is 132 Å². The van der Waals surface area contributed by atoms with Gasteiger partial charge in [-0.25, -0.2) is 29.9 Å². The van der Waals surface area contributed by atoms with Crippen LogP contribution in [0.15, 0.2) is 110 Å². The topological polar surface area (TPSA) is 250 Å². The van der Waals surface area contributed by atoms with Crippen molar-refractivity contribution in [1.29, 1.82) is 0 Å². The Morgan fingerprint density at radius 1 is 0.515 bits per heavy atom. The molecule has 3 aromatic carbocycles. The van der Waals surface area contributed by atoms with Gasteiger partial charge >= 0.3 is 0 Å². The first-order chi connectivity index (χ1) is 49.5. The summed E-state index contributed by atoms with van der Waals surface area (Å²) in [4.78, 5) is 50.0. The highest BCUT2D eigenvalue weighted by Crippen LogP contribution is 2.37. The minimum atomic E-state index is -0.104. The number of imidazole rings is 2. The molecule has 4 N–H and O–H groups in total. The van der Waals surface area contributed by atoms with E-state index in [4.69, 9.17) is 67.6 Å². The second kappa shape index (κ2) is 33.0. The molecule has 5 aliphatic rings. The van der Waals surface area contributed by atoms with Crippen LogP contribution in [0.5, 0.6) is 0 Å². The molecule has 5 aliphatic heterocycles. The van der Waals surface area contributed by atoms with E-state index in [1.165, 1.54) is 10.8 Å². The average molecular weight is 1410 g/mol. The van der Waals surface area contributed by atoms with Crippen LogP contribution in [0.3, 0.4) is 0 Å². The molecule has 5 saturated heterocycles. The monoisotopic (exact) mass is 1410 g/mol. The fourth-order valence-corrected chi connectivity index (χ4v) is 14.8. The Bertz CT molecular complexity index is 4600. The van der Waals surface area contributed by atoms with Crippen molar-refractivity contribution in [3.8, 4) is 11.1 Å². The molecule has 2 unspecified atom stereocenters. The first-order valence-corrected chi connectivity index (χ1v) is 36.6. The summed E-state index contributed by atoms with van der Waals surface area (Å²) in [6.07, 6.45) is 19.7. The molecule has 5 fully saturated rings. The molecule has 16 rings (SSSR count). The number of fused-ring (bicyclic) bond motifs is 5. The Morgan fingerprint density at radius 2 is 0.941 bits per heavy atom. The van der Waals surface area contributed by atoms with Crippen LogP contribution < -0.4 is 16.4 Å². The lowest BCUT2D eigenvalue weighted by Gasteiger charge is -2.27. The standard InChI is InChI=1S/C31H37N9O2.C27H32ClN7O2.C17H22ClN3O/c1-21(36-30-29-31(33-19-32-30)40(20-34-29)27-8-3-4-13-42-27)26-16-22-6-5-7-24(23-17-35-38(2)18-23)28(22)25(37-26)9-10-39-11-14-41-15-12-39;1-18(32-26-25-27(30-16-29-26)35(17-31-25)23-7-2-3-12-37-23)22-15-19-5-4-6-20(28)24(19)21(33-22)8-9-34-10-13-36-14-11-34;1-12(19)16-11-13-3-2-4-14(18)17(13)15(20-16)5-6-21-7-9-22-10-8-21/h5-7,16-21,27H,3-4,8-15H2,1-2H3,(H,32,33,36);4-6,15-18,23H,2-3,7-14H2,1H3,(H,29,30,32);2-4,11-12H,5-10,19H2,1H3/t21-,27?;18-,23?;12-/m000/s1. The second-order valence-electron chi connectivity index (χ2n) is 26.8. The molecule has 0 radical (unpaired) electrons. The highest BCUT2D eigenvalue weighted by molar-refractivity contribution is 6.36. The van der Waals surface area contributed by atoms with Gasteiger partial charge in [0.15, 0.2) is 34.0 Å². The van der Waals surface area contributed by atoms with Crippen molar-refractivity contribution < 1.29 is 23.7 Å². The number of hydrogen-bond acceptors (Lipinski definition) is 21. The first-order valence-electron chi connectivity index (χ1n) is 35.8. The number of hydrogen-bond donors (Lipinski definition) is 3. The van der Waals surface area contributed by atoms with E-state index in [1.54, 1.807) is 12.7 Å². The van der Waals surface area contributed by atoms with Gasteiger partial charge in [0.2, 0.25) is 0 Å². The summed E-state index contributed by atoms with van der Waals surface area (Å²) in [5.74, 6) is 1.39. The Hall–Kier alpha value is -7.98. The zero-order valence-corrected chi connectivity index (χ0v) is 59.7. The van der Waals surface area contributed by atoms with Gasteiger partial charge in [-0.15, -0.1) is 0 Å². The molecule has 530 valence electrons. The van der Waals surface area contributed by atoms with E-state index >= 15 is 0 Å². The number of nitrogens with one attached hydrogen (secondary N) is 2. The Balaban J connectivity index is 0.000000135. The van der Waals surface area contributed by atoms with Gasteiger partial charge < -0.3 is 40.1 Å². The molecule has 11 aromatic rings. The quantitative estimate of drug-likeness (QED) is 0.0680. The molecular formula is C75H91Cl2N19O5. The highest BCUT2D eigenvalue weighted by Gasteiger charge is 2.26. The minimum absolute atomic E-state index is 0.0279. The molecule has 26 heteroatoms. The Morgan fingerprint density at radius 3 is 1.37 bits per heavy atom. The van der Waals surface area contributed by atoms with Gasteiger partial charge in [0.05, 0.1) is 115 Å². The molecule has 0 amide bonds. The SMILES string of the molecule is C[C@H](N)c1cc2cccc(Cl)c2c(CCN2CCOCC2)n1.C[C@H](Nc1ncnc2c1ncn2C1CCCCO1)c1cc2cccc(-c3cnn(C)c3)c2c(CCN2CCOCC2)n1.C[C@H](Nc1ncnc2c1ncn2C1CCCCO1)c1cc2cccc(Cl)c2c(CCN2CCOCC2)n1. The van der Waals surface area contributed by atoms with Crippen LogP contribution in [0.2, 0.25) is 10.0 Å². The zero-order chi connectivity index (χ0) is 69.2. The van der Waals surface area contributed by atoms with Crippen molar-refractivity contribution in [1.82, 2.24) is 78.5 Å². The molecule has 0 saturated carbocycles. The van der Waals surface area contributed by atoms with E-state index in [0.717, 1.165) is 269 Å². The number of benzene rings is 3. The maximum atomic E-state index is 6.65. The fourth-order valence-electron chi connectivity index (χ4n) is 14.2. The molecule has 5 atom stereocenters. The number of anilines is 2. The van der Waals surface area contributed by atoms with Gasteiger partial charge in [-0.2, -0.15) is 5.10 Å². The van der Waals surface area contributed by atoms with Crippen molar-refractivity contribution >= 4 is 89.5 Å². The maximum Gasteiger partial charge on any atom is 0.167 e. The van der Waals surface area contributed by atoms with E-state index in [0.29, 0.717) is 11.6 Å². The van der Waals surface area contributed by atoms with Crippen LogP contribution in [0.1, 0.15) is 124 Å². The molecular weight excluding hydrogens is 1320 g/mol. The molecule has 0 spiro atoms. The van der Waals surface area contributed by atoms with Crippen LogP contribution in [0.25, 0.3) is 65.8 Å². The number of halogens is 2. The number of nitrogens with zero attached hydrogens (tertiary/aromatic N) is 16. The largest absolute Gasteiger partial charge is 0.379 e. The number of nitrogens with two attached hydrogens (primary N) is 1. The third kappa shape index (κ3) is 16.6. The second-order valence-corrected chi connectivity index (χ2v) is 27.6. The predicted molar refractivity (Wildman–Crippen MR) is 395 cm³/mol. The van der Waals surface area contributed by atoms with E-state index in [-0.39, 0.29) is 30.6 Å². The maximum absolute atomic E-state index is 6.65. The predicted octanol–water partition coefficient (Wildman–Crippen LogP) is 12.1. The van der Waals surface area contributed by atoms with Gasteiger partial charge in [0.1, 0.15) is 25.1 Å². The summed E-state index contributed by atoms with van der Waals surface area (Å²) in [5.41, 5.74) is 17.3. The summed E-state index contributed by atoms with van der Waals surface area (Å²) in [6.45, 7) is 21.1. The van der Waals surface area contributed by atoms with Crippen LogP contribution >= 0.6 is 23.2 Å². The van der Waals surface area contributed by atoms with Crippen molar-refractivity contribution in [2.75, 3.05) is 122 Å². The third-order valence-electron chi connectivity index (χ3n) is 19.8. The smallest absolute Gasteiger partial charge is 0.167 e. The van der Waals surface area contributed by atoms with E-state index in [9.17, 15) is 0 Å². The number of morpholine rings is 3. The first kappa shape index (κ1) is 70.1. The third-order valence-corrected chi connectivity index (χ3v) is 20.4. The summed E-state index contributed by atoms with van der Waals surface area (Å²) in [7, 11) is 1.95. The molecule has 13 heterocycles. The van der Waals surface area contributed by atoms with Crippen LogP contribution in [0, 0.1) is 0 Å². The minimum Gasteiger partial charge on any atom is -0.379 e. The Labute approximate surface area is 598 Å². The lowest BCUT2D eigenvalue weighted by Crippen LogP contribution is -2.37. The zero-order valence-electron chi connectivity index (χ0n) is 58.2. The number of pyridine rings is 3. The van der Waals surface area contributed by atoms with Crippen LogP contribution in [-0.2, 0) is 50.0 Å². The number of rotatable bonds is 19. The van der Waals surface area contributed by atoms with Gasteiger partial charge in [-0.1, -0.05) is 65.7 Å². The molecule has 101 heavy (non-hydrogen) atoms. The van der Waals surface area contributed by atoms with Crippen molar-refractivity contribution in [2.45, 2.75) is 109 Å². The van der Waals surface area contributed by atoms with Gasteiger partial charge in [0.25, 0.3) is 0 Å². The van der Waals surface area contributed by atoms with Gasteiger partial charge in [-0.05, 0) is 111 Å². The lowest BCUT2D eigenvalue weighted by molar-refractivity contribution is -0.0299. The number of aryl methyl sites for hydroxylation is 1. The molecule has 24 nitrogen and oxygen atoms in total. The molecule has 8 aromatic heterocycles.